The van der Waals surface area contributed by atoms with Crippen molar-refractivity contribution in [1.29, 1.82) is 0 Å². The molecule has 0 unspecified atom stereocenters. The Morgan fingerprint density at radius 2 is 1.41 bits per heavy atom. The van der Waals surface area contributed by atoms with Crippen LogP contribution in [0.2, 0.25) is 0 Å². The fourth-order valence-electron chi connectivity index (χ4n) is 3.69. The van der Waals surface area contributed by atoms with E-state index in [1.807, 2.05) is 0 Å². The molecule has 0 aliphatic carbocycles. The van der Waals surface area contributed by atoms with E-state index >= 15 is 0 Å². The molecule has 27 heavy (non-hydrogen) atoms. The second kappa shape index (κ2) is 5.54. The average molecular weight is 360 g/mol. The number of aromatic nitrogens is 3. The normalized spacial score (nSPS) is 13.2. The van der Waals surface area contributed by atoms with Crippen molar-refractivity contribution in [2.45, 2.75) is 66.2 Å². The standard InChI is InChI=1S/C24H29N3/c1-14-11-18-19(12-15(14)2)27-21(24(6,7)8)13-17-16(22(27)26-18)9-10-20(25-17)23(3,4)5/h9-13H,1-8H3. The van der Waals surface area contributed by atoms with Gasteiger partial charge in [0.1, 0.15) is 5.65 Å². The molecule has 0 aliphatic rings. The van der Waals surface area contributed by atoms with Gasteiger partial charge in [-0.15, -0.1) is 0 Å². The van der Waals surface area contributed by atoms with Crippen LogP contribution in [0.3, 0.4) is 0 Å². The molecule has 3 heterocycles. The van der Waals surface area contributed by atoms with Gasteiger partial charge in [-0.3, -0.25) is 9.38 Å². The number of hydrogen-bond acceptors (Lipinski definition) is 2. The van der Waals surface area contributed by atoms with Gasteiger partial charge in [0.15, 0.2) is 0 Å². The maximum Gasteiger partial charge on any atom is 0.147 e. The number of aryl methyl sites for hydroxylation is 2. The predicted molar refractivity (Wildman–Crippen MR) is 115 cm³/mol. The molecule has 140 valence electrons. The number of pyridine rings is 2. The molecule has 1 aromatic carbocycles. The third-order valence-electron chi connectivity index (χ3n) is 5.49. The van der Waals surface area contributed by atoms with Crippen LogP contribution in [0.25, 0.3) is 27.6 Å². The molecule has 0 amide bonds. The first-order valence-electron chi connectivity index (χ1n) is 9.71. The molecule has 4 rings (SSSR count). The SMILES string of the molecule is Cc1cc2nc3c4ccc(C(C)(C)C)nc4cc(C(C)(C)C)n3c2cc1C. The maximum atomic E-state index is 5.03. The molecular weight excluding hydrogens is 330 g/mol. The van der Waals surface area contributed by atoms with E-state index < -0.39 is 0 Å². The topological polar surface area (TPSA) is 30.2 Å². The lowest BCUT2D eigenvalue weighted by Gasteiger charge is -2.23. The zero-order valence-corrected chi connectivity index (χ0v) is 17.7. The molecule has 0 spiro atoms. The van der Waals surface area contributed by atoms with Gasteiger partial charge in [-0.25, -0.2) is 4.98 Å². The van der Waals surface area contributed by atoms with Gasteiger partial charge in [0, 0.05) is 27.6 Å². The van der Waals surface area contributed by atoms with Crippen LogP contribution in [0.5, 0.6) is 0 Å². The van der Waals surface area contributed by atoms with Crippen LogP contribution >= 0.6 is 0 Å². The summed E-state index contributed by atoms with van der Waals surface area (Å²) in [5.74, 6) is 0. The molecule has 0 N–H and O–H groups in total. The number of imidazole rings is 1. The summed E-state index contributed by atoms with van der Waals surface area (Å²) in [5, 5.41) is 1.11. The Labute approximate surface area is 161 Å². The van der Waals surface area contributed by atoms with Crippen molar-refractivity contribution < 1.29 is 0 Å². The molecule has 0 fully saturated rings. The molecule has 4 aromatic rings. The van der Waals surface area contributed by atoms with Gasteiger partial charge < -0.3 is 0 Å². The second-order valence-electron chi connectivity index (χ2n) is 9.85. The molecule has 0 aliphatic heterocycles. The van der Waals surface area contributed by atoms with Gasteiger partial charge in [-0.2, -0.15) is 0 Å². The fraction of sp³-hybridized carbons (Fsp3) is 0.417. The van der Waals surface area contributed by atoms with Crippen molar-refractivity contribution in [3.63, 3.8) is 0 Å². The first-order valence-corrected chi connectivity index (χ1v) is 9.71. The van der Waals surface area contributed by atoms with Crippen LogP contribution in [0.15, 0.2) is 30.3 Å². The van der Waals surface area contributed by atoms with Crippen LogP contribution in [-0.4, -0.2) is 14.4 Å². The zero-order valence-electron chi connectivity index (χ0n) is 17.7. The van der Waals surface area contributed by atoms with Crippen LogP contribution in [0.4, 0.5) is 0 Å². The number of hydrogen-bond donors (Lipinski definition) is 0. The molecular formula is C24H29N3. The third-order valence-corrected chi connectivity index (χ3v) is 5.49. The Kier molecular flexibility index (Phi) is 3.69. The number of fused-ring (bicyclic) bond motifs is 5. The Hall–Kier alpha value is -2.42. The maximum absolute atomic E-state index is 5.03. The van der Waals surface area contributed by atoms with E-state index in [0.717, 1.165) is 27.8 Å². The second-order valence-corrected chi connectivity index (χ2v) is 9.85. The minimum atomic E-state index is -0.0156. The summed E-state index contributed by atoms with van der Waals surface area (Å²) in [5.41, 5.74) is 9.21. The van der Waals surface area contributed by atoms with Crippen molar-refractivity contribution in [1.82, 2.24) is 14.4 Å². The minimum Gasteiger partial charge on any atom is -0.295 e. The van der Waals surface area contributed by atoms with E-state index in [-0.39, 0.29) is 10.8 Å². The lowest BCUT2D eigenvalue weighted by molar-refractivity contribution is 0.562. The quantitative estimate of drug-likeness (QED) is 0.371. The first kappa shape index (κ1) is 18.0. The van der Waals surface area contributed by atoms with Gasteiger partial charge in [0.05, 0.1) is 16.6 Å². The largest absolute Gasteiger partial charge is 0.295 e. The monoisotopic (exact) mass is 359 g/mol. The van der Waals surface area contributed by atoms with Crippen LogP contribution in [0.1, 0.15) is 64.1 Å². The van der Waals surface area contributed by atoms with E-state index in [1.165, 1.54) is 22.3 Å². The van der Waals surface area contributed by atoms with Crippen LogP contribution in [0, 0.1) is 13.8 Å². The lowest BCUT2D eigenvalue weighted by atomic mass is 9.89. The molecule has 3 heteroatoms. The Morgan fingerprint density at radius 3 is 2.04 bits per heavy atom. The van der Waals surface area contributed by atoms with Gasteiger partial charge in [0.2, 0.25) is 0 Å². The summed E-state index contributed by atoms with van der Waals surface area (Å²) in [6.07, 6.45) is 0. The van der Waals surface area contributed by atoms with Crippen molar-refractivity contribution in [3.05, 3.63) is 52.8 Å². The van der Waals surface area contributed by atoms with E-state index in [4.69, 9.17) is 9.97 Å². The average Bonchev–Trinajstić information content (AvgIpc) is 2.90. The summed E-state index contributed by atoms with van der Waals surface area (Å²) >= 11 is 0. The van der Waals surface area contributed by atoms with Crippen molar-refractivity contribution in [2.75, 3.05) is 0 Å². The highest BCUT2D eigenvalue weighted by Gasteiger charge is 2.23. The summed E-state index contributed by atoms with van der Waals surface area (Å²) in [6, 6.07) is 11.1. The molecule has 3 aromatic heterocycles. The minimum absolute atomic E-state index is 0.0156. The predicted octanol–water partition coefficient (Wildman–Crippen LogP) is 6.25. The highest BCUT2D eigenvalue weighted by atomic mass is 15.0. The highest BCUT2D eigenvalue weighted by molar-refractivity contribution is 5.97. The van der Waals surface area contributed by atoms with E-state index in [9.17, 15) is 0 Å². The summed E-state index contributed by atoms with van der Waals surface area (Å²) in [4.78, 5) is 10.1. The van der Waals surface area contributed by atoms with Gasteiger partial charge in [-0.1, -0.05) is 41.5 Å². The molecule has 0 bridgehead atoms. The molecule has 0 saturated heterocycles. The summed E-state index contributed by atoms with van der Waals surface area (Å²) < 4.78 is 2.34. The van der Waals surface area contributed by atoms with E-state index in [2.05, 4.69) is 90.1 Å². The molecule has 0 atom stereocenters. The summed E-state index contributed by atoms with van der Waals surface area (Å²) in [6.45, 7) is 17.7. The lowest BCUT2D eigenvalue weighted by Crippen LogP contribution is -2.17. The van der Waals surface area contributed by atoms with E-state index in [0.29, 0.717) is 0 Å². The van der Waals surface area contributed by atoms with Crippen molar-refractivity contribution in [3.8, 4) is 0 Å². The summed E-state index contributed by atoms with van der Waals surface area (Å²) in [7, 11) is 0. The number of rotatable bonds is 0. The first-order chi connectivity index (χ1) is 12.5. The zero-order chi connectivity index (χ0) is 19.7. The van der Waals surface area contributed by atoms with Gasteiger partial charge in [0.25, 0.3) is 0 Å². The van der Waals surface area contributed by atoms with E-state index in [1.54, 1.807) is 0 Å². The molecule has 3 nitrogen and oxygen atoms in total. The fourth-order valence-corrected chi connectivity index (χ4v) is 3.69. The van der Waals surface area contributed by atoms with Crippen molar-refractivity contribution >= 4 is 27.6 Å². The third kappa shape index (κ3) is 2.80. The number of benzene rings is 1. The Balaban J connectivity index is 2.22. The van der Waals surface area contributed by atoms with Crippen LogP contribution in [-0.2, 0) is 10.8 Å². The Morgan fingerprint density at radius 1 is 0.741 bits per heavy atom. The smallest absolute Gasteiger partial charge is 0.147 e. The molecule has 0 radical (unpaired) electrons. The Bertz CT molecular complexity index is 1200. The molecule has 0 saturated carbocycles. The van der Waals surface area contributed by atoms with Crippen LogP contribution < -0.4 is 0 Å². The van der Waals surface area contributed by atoms with Gasteiger partial charge in [-0.05, 0) is 55.3 Å². The number of nitrogens with zero attached hydrogens (tertiary/aromatic N) is 3. The van der Waals surface area contributed by atoms with Crippen molar-refractivity contribution in [2.24, 2.45) is 0 Å². The highest BCUT2D eigenvalue weighted by Crippen LogP contribution is 2.33. The van der Waals surface area contributed by atoms with Gasteiger partial charge >= 0.3 is 0 Å².